The average Bonchev–Trinajstić information content (AvgIpc) is 3.10. The first kappa shape index (κ1) is 19.7. The maximum atomic E-state index is 14.0. The summed E-state index contributed by atoms with van der Waals surface area (Å²) in [5.74, 6) is -0.493. The normalized spacial score (nSPS) is 10.8. The van der Waals surface area contributed by atoms with Gasteiger partial charge in [0, 0.05) is 11.3 Å². The summed E-state index contributed by atoms with van der Waals surface area (Å²) in [6.45, 7) is 3.87. The number of nitrogens with one attached hydrogen (secondary N) is 2. The molecule has 2 N–H and O–H groups in total. The minimum Gasteiger partial charge on any atom is -0.436 e. The highest BCUT2D eigenvalue weighted by atomic mass is 32.1. The third-order valence-electron chi connectivity index (χ3n) is 4.46. The number of oxazole rings is 1. The molecule has 1 aromatic heterocycles. The van der Waals surface area contributed by atoms with E-state index in [4.69, 9.17) is 16.6 Å². The smallest absolute Gasteiger partial charge is 0.257 e. The van der Waals surface area contributed by atoms with Crippen molar-refractivity contribution in [2.45, 2.75) is 13.8 Å². The second-order valence-corrected chi connectivity index (χ2v) is 7.37. The van der Waals surface area contributed by atoms with E-state index in [1.165, 1.54) is 6.07 Å². The van der Waals surface area contributed by atoms with Crippen LogP contribution in [0.3, 0.4) is 0 Å². The molecule has 150 valence electrons. The molecule has 0 saturated heterocycles. The Bertz CT molecular complexity index is 1260. The fraction of sp³-hybridized carbons (Fsp3) is 0.0870. The molecule has 0 saturated carbocycles. The Morgan fingerprint density at radius 3 is 2.50 bits per heavy atom. The van der Waals surface area contributed by atoms with E-state index in [2.05, 4.69) is 15.6 Å². The monoisotopic (exact) mass is 419 g/mol. The molecule has 0 fully saturated rings. The van der Waals surface area contributed by atoms with Crippen molar-refractivity contribution in [3.05, 3.63) is 83.2 Å². The van der Waals surface area contributed by atoms with Gasteiger partial charge in [0.1, 0.15) is 11.3 Å². The lowest BCUT2D eigenvalue weighted by atomic mass is 10.1. The lowest BCUT2D eigenvalue weighted by molar-refractivity contribution is 0.0977. The van der Waals surface area contributed by atoms with Crippen molar-refractivity contribution < 1.29 is 13.6 Å². The molecular formula is C23H18FN3O2S. The summed E-state index contributed by atoms with van der Waals surface area (Å²) in [6.07, 6.45) is 0. The number of halogens is 1. The molecule has 7 heteroatoms. The van der Waals surface area contributed by atoms with Gasteiger partial charge >= 0.3 is 0 Å². The van der Waals surface area contributed by atoms with E-state index in [1.807, 2.05) is 19.9 Å². The minimum atomic E-state index is -0.405. The SMILES string of the molecule is Cc1cc(C)cc(C(=O)NC(=S)Nc2ccc3oc(-c4ccccc4F)nc3c2)c1. The van der Waals surface area contributed by atoms with Gasteiger partial charge in [0.25, 0.3) is 5.91 Å². The number of carbonyl (C=O) groups excluding carboxylic acids is 1. The fourth-order valence-corrected chi connectivity index (χ4v) is 3.41. The van der Waals surface area contributed by atoms with Gasteiger partial charge in [-0.25, -0.2) is 9.37 Å². The van der Waals surface area contributed by atoms with Crippen molar-refractivity contribution >= 4 is 40.0 Å². The number of anilines is 1. The van der Waals surface area contributed by atoms with Gasteiger partial charge in [-0.15, -0.1) is 0 Å². The van der Waals surface area contributed by atoms with Crippen molar-refractivity contribution in [3.63, 3.8) is 0 Å². The Morgan fingerprint density at radius 1 is 1.03 bits per heavy atom. The highest BCUT2D eigenvalue weighted by Crippen LogP contribution is 2.27. The zero-order valence-electron chi connectivity index (χ0n) is 16.3. The summed E-state index contributed by atoms with van der Waals surface area (Å²) < 4.78 is 19.7. The van der Waals surface area contributed by atoms with Crippen LogP contribution in [0, 0.1) is 19.7 Å². The molecule has 0 radical (unpaired) electrons. The van der Waals surface area contributed by atoms with Crippen molar-refractivity contribution in [3.8, 4) is 11.5 Å². The predicted molar refractivity (Wildman–Crippen MR) is 119 cm³/mol. The van der Waals surface area contributed by atoms with Gasteiger partial charge in [-0.05, 0) is 68.5 Å². The van der Waals surface area contributed by atoms with E-state index >= 15 is 0 Å². The molecule has 0 aliphatic carbocycles. The number of rotatable bonds is 3. The van der Waals surface area contributed by atoms with Gasteiger partial charge in [-0.3, -0.25) is 10.1 Å². The Hall–Kier alpha value is -3.58. The standard InChI is InChI=1S/C23H18FN3O2S/c1-13-9-14(2)11-15(10-13)21(28)27-23(30)25-16-7-8-20-19(12-16)26-22(29-20)17-5-3-4-6-18(17)24/h3-12H,1-2H3,(H2,25,27,28,30). The van der Waals surface area contributed by atoms with Gasteiger partial charge in [0.05, 0.1) is 5.56 Å². The Balaban J connectivity index is 1.50. The minimum absolute atomic E-state index is 0.163. The number of hydrogen-bond acceptors (Lipinski definition) is 4. The quantitative estimate of drug-likeness (QED) is 0.437. The van der Waals surface area contributed by atoms with Crippen LogP contribution in [0.15, 0.2) is 65.1 Å². The van der Waals surface area contributed by atoms with E-state index in [1.54, 1.807) is 48.5 Å². The van der Waals surface area contributed by atoms with Gasteiger partial charge in [-0.2, -0.15) is 0 Å². The molecule has 4 aromatic rings. The van der Waals surface area contributed by atoms with Crippen LogP contribution in [-0.4, -0.2) is 16.0 Å². The zero-order chi connectivity index (χ0) is 21.3. The molecule has 1 heterocycles. The van der Waals surface area contributed by atoms with Crippen LogP contribution < -0.4 is 10.6 Å². The molecule has 5 nitrogen and oxygen atoms in total. The van der Waals surface area contributed by atoms with Crippen LogP contribution in [0.1, 0.15) is 21.5 Å². The Kier molecular flexibility index (Phi) is 5.29. The second-order valence-electron chi connectivity index (χ2n) is 6.97. The zero-order valence-corrected chi connectivity index (χ0v) is 17.1. The molecule has 1 amide bonds. The second kappa shape index (κ2) is 8.04. The van der Waals surface area contributed by atoms with Gasteiger partial charge in [-0.1, -0.05) is 29.3 Å². The molecule has 30 heavy (non-hydrogen) atoms. The van der Waals surface area contributed by atoms with Crippen LogP contribution in [0.4, 0.5) is 10.1 Å². The summed E-state index contributed by atoms with van der Waals surface area (Å²) in [5, 5.41) is 5.81. The summed E-state index contributed by atoms with van der Waals surface area (Å²) in [6, 6.07) is 17.1. The maximum absolute atomic E-state index is 14.0. The largest absolute Gasteiger partial charge is 0.436 e. The van der Waals surface area contributed by atoms with Gasteiger partial charge < -0.3 is 9.73 Å². The molecule has 3 aromatic carbocycles. The summed E-state index contributed by atoms with van der Waals surface area (Å²) in [4.78, 5) is 16.8. The van der Waals surface area contributed by atoms with Crippen molar-refractivity contribution in [1.29, 1.82) is 0 Å². The first-order valence-corrected chi connectivity index (χ1v) is 9.66. The number of amides is 1. The highest BCUT2D eigenvalue weighted by molar-refractivity contribution is 7.80. The number of aryl methyl sites for hydroxylation is 2. The Morgan fingerprint density at radius 2 is 1.77 bits per heavy atom. The van der Waals surface area contributed by atoms with E-state index < -0.39 is 5.82 Å². The summed E-state index contributed by atoms with van der Waals surface area (Å²) in [5.41, 5.74) is 4.52. The van der Waals surface area contributed by atoms with Crippen LogP contribution in [0.25, 0.3) is 22.6 Å². The Labute approximate surface area is 177 Å². The molecule has 0 aliphatic rings. The molecule has 0 spiro atoms. The summed E-state index contributed by atoms with van der Waals surface area (Å²) >= 11 is 5.26. The molecule has 4 rings (SSSR count). The van der Waals surface area contributed by atoms with Crippen molar-refractivity contribution in [1.82, 2.24) is 10.3 Å². The van der Waals surface area contributed by atoms with E-state index in [-0.39, 0.29) is 16.9 Å². The number of nitrogens with zero attached hydrogens (tertiary/aromatic N) is 1. The van der Waals surface area contributed by atoms with E-state index in [9.17, 15) is 9.18 Å². The summed E-state index contributed by atoms with van der Waals surface area (Å²) in [7, 11) is 0. The third kappa shape index (κ3) is 4.21. The number of thiocarbonyl (C=S) groups is 1. The van der Waals surface area contributed by atoms with Crippen LogP contribution in [0.2, 0.25) is 0 Å². The molecular weight excluding hydrogens is 401 g/mol. The van der Waals surface area contributed by atoms with Gasteiger partial charge in [0.2, 0.25) is 5.89 Å². The fourth-order valence-electron chi connectivity index (χ4n) is 3.20. The number of benzene rings is 3. The topological polar surface area (TPSA) is 67.2 Å². The van der Waals surface area contributed by atoms with Crippen molar-refractivity contribution in [2.75, 3.05) is 5.32 Å². The first-order chi connectivity index (χ1) is 14.4. The number of fused-ring (bicyclic) bond motifs is 1. The maximum Gasteiger partial charge on any atom is 0.257 e. The van der Waals surface area contributed by atoms with E-state index in [0.29, 0.717) is 27.9 Å². The lowest BCUT2D eigenvalue weighted by Gasteiger charge is -2.10. The van der Waals surface area contributed by atoms with E-state index in [0.717, 1.165) is 11.1 Å². The van der Waals surface area contributed by atoms with Crippen molar-refractivity contribution in [2.24, 2.45) is 0 Å². The molecule has 0 atom stereocenters. The highest BCUT2D eigenvalue weighted by Gasteiger charge is 2.13. The van der Waals surface area contributed by atoms with Crippen LogP contribution >= 0.6 is 12.2 Å². The lowest BCUT2D eigenvalue weighted by Crippen LogP contribution is -2.34. The number of carbonyl (C=O) groups is 1. The van der Waals surface area contributed by atoms with Crippen LogP contribution in [-0.2, 0) is 0 Å². The number of hydrogen-bond donors (Lipinski definition) is 2. The third-order valence-corrected chi connectivity index (χ3v) is 4.66. The first-order valence-electron chi connectivity index (χ1n) is 9.25. The predicted octanol–water partition coefficient (Wildman–Crippen LogP) is 5.38. The number of aromatic nitrogens is 1. The average molecular weight is 419 g/mol. The molecule has 0 aliphatic heterocycles. The van der Waals surface area contributed by atoms with Gasteiger partial charge in [0.15, 0.2) is 10.7 Å². The molecule has 0 unspecified atom stereocenters. The van der Waals surface area contributed by atoms with Crippen LogP contribution in [0.5, 0.6) is 0 Å². The molecule has 0 bridgehead atoms.